The van der Waals surface area contributed by atoms with Crippen molar-refractivity contribution in [2.75, 3.05) is 16.8 Å². The molecule has 0 radical (unpaired) electrons. The number of para-hydroxylation sites is 1. The highest BCUT2D eigenvalue weighted by Crippen LogP contribution is 2.36. The summed E-state index contributed by atoms with van der Waals surface area (Å²) in [6.45, 7) is 3.80. The van der Waals surface area contributed by atoms with Gasteiger partial charge in [-0.05, 0) is 48.7 Å². The van der Waals surface area contributed by atoms with E-state index in [2.05, 4.69) is 10.0 Å². The molecule has 0 aliphatic carbocycles. The van der Waals surface area contributed by atoms with Crippen LogP contribution in [0.15, 0.2) is 89.8 Å². The zero-order chi connectivity index (χ0) is 26.2. The normalized spacial score (nSPS) is 15.3. The van der Waals surface area contributed by atoms with Gasteiger partial charge in [0.15, 0.2) is 0 Å². The molecule has 0 aromatic heterocycles. The third-order valence-corrected chi connectivity index (χ3v) is 8.26. The minimum Gasteiger partial charge on any atom is -0.321 e. The Morgan fingerprint density at radius 2 is 1.54 bits per heavy atom. The van der Waals surface area contributed by atoms with E-state index in [1.54, 1.807) is 41.3 Å². The first-order valence-corrected chi connectivity index (χ1v) is 13.5. The number of hydrogen-bond donors (Lipinski definition) is 2. The lowest BCUT2D eigenvalue weighted by Crippen LogP contribution is -2.40. The van der Waals surface area contributed by atoms with Crippen molar-refractivity contribution < 1.29 is 18.0 Å². The maximum absolute atomic E-state index is 13.7. The van der Waals surface area contributed by atoms with Crippen molar-refractivity contribution in [3.63, 3.8) is 0 Å². The number of anilines is 2. The van der Waals surface area contributed by atoms with Gasteiger partial charge in [0, 0.05) is 41.2 Å². The number of aryl methyl sites for hydroxylation is 1. The summed E-state index contributed by atoms with van der Waals surface area (Å²) in [5, 5.41) is 4.07. The maximum Gasteiger partial charge on any atom is 0.255 e. The van der Waals surface area contributed by atoms with Crippen molar-refractivity contribution in [3.8, 4) is 0 Å². The van der Waals surface area contributed by atoms with Gasteiger partial charge in [-0.15, -0.1) is 0 Å². The summed E-state index contributed by atoms with van der Waals surface area (Å²) in [7, 11) is -3.94. The van der Waals surface area contributed by atoms with Crippen LogP contribution in [-0.4, -0.2) is 26.8 Å². The van der Waals surface area contributed by atoms with Crippen molar-refractivity contribution in [2.24, 2.45) is 0 Å². The lowest BCUT2D eigenvalue weighted by molar-refractivity contribution is -0.116. The molecule has 5 rings (SSSR count). The highest BCUT2D eigenvalue weighted by atomic mass is 32.2. The number of amides is 2. The number of nitrogens with one attached hydrogen (secondary N) is 2. The zero-order valence-corrected chi connectivity index (χ0v) is 21.4. The van der Waals surface area contributed by atoms with E-state index >= 15 is 0 Å². The smallest absolute Gasteiger partial charge is 0.255 e. The number of carbonyl (C=O) groups excluding carboxylic acids is 2. The number of fused-ring (bicyclic) bond motifs is 2. The number of benzene rings is 4. The molecule has 7 nitrogen and oxygen atoms in total. The second kappa shape index (κ2) is 9.80. The molecule has 1 unspecified atom stereocenters. The molecule has 0 saturated carbocycles. The van der Waals surface area contributed by atoms with Gasteiger partial charge < -0.3 is 10.2 Å². The number of hydrogen-bond acceptors (Lipinski definition) is 4. The maximum atomic E-state index is 13.7. The van der Waals surface area contributed by atoms with E-state index in [0.29, 0.717) is 40.7 Å². The quantitative estimate of drug-likeness (QED) is 0.385. The fraction of sp³-hybridized carbons (Fsp3) is 0.172. The molecule has 37 heavy (non-hydrogen) atoms. The minimum absolute atomic E-state index is 0.0805. The van der Waals surface area contributed by atoms with Crippen LogP contribution in [0.4, 0.5) is 11.4 Å². The molecule has 0 bridgehead atoms. The van der Waals surface area contributed by atoms with Gasteiger partial charge in [0.25, 0.3) is 5.91 Å². The van der Waals surface area contributed by atoms with Crippen LogP contribution in [-0.2, 0) is 14.8 Å². The van der Waals surface area contributed by atoms with Gasteiger partial charge in [-0.2, -0.15) is 0 Å². The fourth-order valence-electron chi connectivity index (χ4n) is 4.89. The molecule has 4 aromatic rings. The molecule has 1 atom stereocenters. The molecule has 8 heteroatoms. The van der Waals surface area contributed by atoms with Gasteiger partial charge in [-0.25, -0.2) is 13.1 Å². The van der Waals surface area contributed by atoms with Gasteiger partial charge in [-0.1, -0.05) is 60.7 Å². The molecule has 1 heterocycles. The third-order valence-electron chi connectivity index (χ3n) is 6.73. The molecule has 1 aliphatic rings. The summed E-state index contributed by atoms with van der Waals surface area (Å²) >= 11 is 0. The van der Waals surface area contributed by atoms with Gasteiger partial charge >= 0.3 is 0 Å². The lowest BCUT2D eigenvalue weighted by atomic mass is 9.97. The fourth-order valence-corrected chi connectivity index (χ4v) is 6.36. The van der Waals surface area contributed by atoms with E-state index in [4.69, 9.17) is 0 Å². The average molecular weight is 514 g/mol. The van der Waals surface area contributed by atoms with E-state index < -0.39 is 16.1 Å². The predicted molar refractivity (Wildman–Crippen MR) is 145 cm³/mol. The first kappa shape index (κ1) is 24.7. The Balaban J connectivity index is 1.49. The van der Waals surface area contributed by atoms with E-state index in [1.165, 1.54) is 13.0 Å². The van der Waals surface area contributed by atoms with Crippen LogP contribution in [0, 0.1) is 6.92 Å². The van der Waals surface area contributed by atoms with Gasteiger partial charge in [0.05, 0.1) is 10.9 Å². The Morgan fingerprint density at radius 3 is 2.30 bits per heavy atom. The molecule has 2 N–H and O–H groups in total. The summed E-state index contributed by atoms with van der Waals surface area (Å²) < 4.78 is 30.2. The summed E-state index contributed by atoms with van der Waals surface area (Å²) in [5.41, 5.74) is 3.42. The second-order valence-electron chi connectivity index (χ2n) is 9.12. The Labute approximate surface area is 216 Å². The van der Waals surface area contributed by atoms with Crippen LogP contribution in [0.3, 0.4) is 0 Å². The predicted octanol–water partition coefficient (Wildman–Crippen LogP) is 5.18. The van der Waals surface area contributed by atoms with Gasteiger partial charge in [0.1, 0.15) is 0 Å². The van der Waals surface area contributed by atoms with Crippen molar-refractivity contribution in [2.45, 2.75) is 31.2 Å². The molecular formula is C29H27N3O4S. The molecule has 0 spiro atoms. The van der Waals surface area contributed by atoms with Crippen LogP contribution >= 0.6 is 0 Å². The SMILES string of the molecule is CC(=O)N1CCC(NS(=O)(=O)c2ccc(NC(=O)c3ccccc3C)c3ccccc23)c2ccccc21. The molecule has 4 aromatic carbocycles. The largest absolute Gasteiger partial charge is 0.321 e. The summed E-state index contributed by atoms with van der Waals surface area (Å²) in [6, 6.07) is 24.4. The Morgan fingerprint density at radius 1 is 0.865 bits per heavy atom. The van der Waals surface area contributed by atoms with Crippen molar-refractivity contribution >= 4 is 44.0 Å². The monoisotopic (exact) mass is 513 g/mol. The van der Waals surface area contributed by atoms with Gasteiger partial charge in [0.2, 0.25) is 15.9 Å². The summed E-state index contributed by atoms with van der Waals surface area (Å²) in [6.07, 6.45) is 0.457. The lowest BCUT2D eigenvalue weighted by Gasteiger charge is -2.34. The topological polar surface area (TPSA) is 95.6 Å². The van der Waals surface area contributed by atoms with Crippen LogP contribution in [0.1, 0.15) is 40.9 Å². The molecule has 2 amide bonds. The summed E-state index contributed by atoms with van der Waals surface area (Å²) in [5.74, 6) is -0.339. The standard InChI is InChI=1S/C29H27N3O4S/c1-19-9-3-4-10-21(19)29(34)30-25-15-16-28(23-12-6-5-11-22(23)25)37(35,36)31-26-17-18-32(20(2)33)27-14-8-7-13-24(26)27/h3-16,26,31H,17-18H2,1-2H3,(H,30,34). The first-order chi connectivity index (χ1) is 17.8. The van der Waals surface area contributed by atoms with Crippen molar-refractivity contribution in [1.82, 2.24) is 4.72 Å². The Hall–Kier alpha value is -4.01. The van der Waals surface area contributed by atoms with E-state index in [0.717, 1.165) is 11.1 Å². The highest BCUT2D eigenvalue weighted by molar-refractivity contribution is 7.89. The minimum atomic E-state index is -3.94. The Kier molecular flexibility index (Phi) is 6.54. The van der Waals surface area contributed by atoms with Crippen molar-refractivity contribution in [3.05, 3.63) is 102 Å². The highest BCUT2D eigenvalue weighted by Gasteiger charge is 2.31. The van der Waals surface area contributed by atoms with Crippen LogP contribution in [0.2, 0.25) is 0 Å². The van der Waals surface area contributed by atoms with E-state index in [9.17, 15) is 18.0 Å². The third kappa shape index (κ3) is 4.73. The van der Waals surface area contributed by atoms with Gasteiger partial charge in [-0.3, -0.25) is 9.59 Å². The first-order valence-electron chi connectivity index (χ1n) is 12.0. The van der Waals surface area contributed by atoms with Crippen LogP contribution in [0.25, 0.3) is 10.8 Å². The molecule has 188 valence electrons. The second-order valence-corrected chi connectivity index (χ2v) is 10.8. The average Bonchev–Trinajstić information content (AvgIpc) is 2.88. The van der Waals surface area contributed by atoms with E-state index in [-0.39, 0.29) is 16.7 Å². The van der Waals surface area contributed by atoms with Crippen molar-refractivity contribution in [1.29, 1.82) is 0 Å². The number of sulfonamides is 1. The van der Waals surface area contributed by atoms with Crippen LogP contribution in [0.5, 0.6) is 0 Å². The molecular weight excluding hydrogens is 486 g/mol. The number of carbonyl (C=O) groups is 2. The molecule has 1 aliphatic heterocycles. The Bertz CT molecular complexity index is 1630. The zero-order valence-electron chi connectivity index (χ0n) is 20.6. The number of nitrogens with zero attached hydrogens (tertiary/aromatic N) is 1. The summed E-state index contributed by atoms with van der Waals surface area (Å²) in [4.78, 5) is 26.8. The van der Waals surface area contributed by atoms with E-state index in [1.807, 2.05) is 49.4 Å². The molecule has 0 saturated heterocycles. The molecule has 0 fully saturated rings. The number of rotatable bonds is 5. The van der Waals surface area contributed by atoms with Crippen LogP contribution < -0.4 is 14.9 Å².